The Labute approximate surface area is 83.1 Å². The van der Waals surface area contributed by atoms with Gasteiger partial charge in [0.1, 0.15) is 11.4 Å². The van der Waals surface area contributed by atoms with Crippen LogP contribution < -0.4 is 10.1 Å². The highest BCUT2D eigenvalue weighted by molar-refractivity contribution is 5.46. The molecule has 0 aliphatic heterocycles. The van der Waals surface area contributed by atoms with E-state index in [1.807, 2.05) is 24.3 Å². The largest absolute Gasteiger partial charge is 0.497 e. The van der Waals surface area contributed by atoms with Crippen molar-refractivity contribution in [3.63, 3.8) is 0 Å². The van der Waals surface area contributed by atoms with Crippen molar-refractivity contribution in [2.24, 2.45) is 0 Å². The van der Waals surface area contributed by atoms with Crippen LogP contribution in [0.5, 0.6) is 5.75 Å². The second-order valence-corrected chi connectivity index (χ2v) is 3.73. The Hall–Kier alpha value is -1.25. The van der Waals surface area contributed by atoms with Crippen molar-refractivity contribution in [3.8, 4) is 5.75 Å². The van der Waals surface area contributed by atoms with Crippen molar-refractivity contribution in [2.75, 3.05) is 19.0 Å². The van der Waals surface area contributed by atoms with Crippen LogP contribution in [0.3, 0.4) is 0 Å². The summed E-state index contributed by atoms with van der Waals surface area (Å²) in [6, 6.07) is 7.51. The first-order valence-electron chi connectivity index (χ1n) is 4.79. The van der Waals surface area contributed by atoms with Gasteiger partial charge in [-0.3, -0.25) is 0 Å². The molecular formula is C11H14FNO. The van der Waals surface area contributed by atoms with Crippen LogP contribution in [0.2, 0.25) is 0 Å². The molecule has 1 aliphatic rings. The second-order valence-electron chi connectivity index (χ2n) is 3.73. The molecule has 0 atom stereocenters. The molecule has 14 heavy (non-hydrogen) atoms. The molecule has 2 nitrogen and oxygen atoms in total. The second kappa shape index (κ2) is 3.48. The molecule has 1 aliphatic carbocycles. The van der Waals surface area contributed by atoms with Crippen molar-refractivity contribution in [2.45, 2.75) is 18.5 Å². The minimum atomic E-state index is -0.945. The number of alkyl halides is 1. The molecule has 3 heteroatoms. The zero-order valence-electron chi connectivity index (χ0n) is 8.22. The van der Waals surface area contributed by atoms with Gasteiger partial charge in [0.25, 0.3) is 0 Å². The zero-order chi connectivity index (χ0) is 10.0. The lowest BCUT2D eigenvalue weighted by atomic mass is 10.3. The standard InChI is InChI=1S/C11H14FNO/c1-14-10-4-2-9(3-5-10)13-8-11(12)6-7-11/h2-5,13H,6-8H2,1H3. The summed E-state index contributed by atoms with van der Waals surface area (Å²) in [6.07, 6.45) is 1.38. The SMILES string of the molecule is COc1ccc(NCC2(F)CC2)cc1. The fraction of sp³-hybridized carbons (Fsp3) is 0.455. The van der Waals surface area contributed by atoms with Gasteiger partial charge in [0.2, 0.25) is 0 Å². The van der Waals surface area contributed by atoms with Gasteiger partial charge in [-0.1, -0.05) is 0 Å². The van der Waals surface area contributed by atoms with Crippen molar-refractivity contribution >= 4 is 5.69 Å². The van der Waals surface area contributed by atoms with Gasteiger partial charge in [-0.05, 0) is 37.1 Å². The minimum Gasteiger partial charge on any atom is -0.497 e. The van der Waals surface area contributed by atoms with Crippen LogP contribution in [0.25, 0.3) is 0 Å². The molecule has 76 valence electrons. The van der Waals surface area contributed by atoms with E-state index in [4.69, 9.17) is 4.74 Å². The van der Waals surface area contributed by atoms with E-state index in [9.17, 15) is 4.39 Å². The van der Waals surface area contributed by atoms with Gasteiger partial charge in [-0.15, -0.1) is 0 Å². The highest BCUT2D eigenvalue weighted by Gasteiger charge is 2.42. The molecule has 0 radical (unpaired) electrons. The van der Waals surface area contributed by atoms with Crippen molar-refractivity contribution in [3.05, 3.63) is 24.3 Å². The number of rotatable bonds is 4. The summed E-state index contributed by atoms with van der Waals surface area (Å²) in [7, 11) is 1.63. The van der Waals surface area contributed by atoms with E-state index in [0.717, 1.165) is 11.4 Å². The van der Waals surface area contributed by atoms with Crippen molar-refractivity contribution < 1.29 is 9.13 Å². The Morgan fingerprint density at radius 1 is 1.36 bits per heavy atom. The summed E-state index contributed by atoms with van der Waals surface area (Å²) < 4.78 is 18.3. The zero-order valence-corrected chi connectivity index (χ0v) is 8.22. The van der Waals surface area contributed by atoms with Gasteiger partial charge in [-0.25, -0.2) is 4.39 Å². The fourth-order valence-electron chi connectivity index (χ4n) is 1.28. The van der Waals surface area contributed by atoms with Crippen LogP contribution in [0.15, 0.2) is 24.3 Å². The van der Waals surface area contributed by atoms with E-state index in [1.54, 1.807) is 7.11 Å². The molecule has 1 aromatic rings. The Kier molecular flexibility index (Phi) is 2.32. The third-order valence-corrected chi connectivity index (χ3v) is 2.49. The summed E-state index contributed by atoms with van der Waals surface area (Å²) in [5, 5.41) is 3.07. The normalized spacial score (nSPS) is 17.6. The Balaban J connectivity index is 1.89. The Bertz CT molecular complexity index is 306. The Morgan fingerprint density at radius 3 is 2.50 bits per heavy atom. The lowest BCUT2D eigenvalue weighted by molar-refractivity contribution is 0.326. The van der Waals surface area contributed by atoms with Crippen molar-refractivity contribution in [1.29, 1.82) is 0 Å². The summed E-state index contributed by atoms with van der Waals surface area (Å²) in [6.45, 7) is 0.416. The fourth-order valence-corrected chi connectivity index (χ4v) is 1.28. The number of nitrogens with one attached hydrogen (secondary N) is 1. The number of ether oxygens (including phenoxy) is 1. The number of methoxy groups -OCH3 is 1. The summed E-state index contributed by atoms with van der Waals surface area (Å²) in [5.74, 6) is 0.817. The average Bonchev–Trinajstić information content (AvgIpc) is 2.95. The molecule has 1 saturated carbocycles. The van der Waals surface area contributed by atoms with Gasteiger partial charge in [0.15, 0.2) is 0 Å². The van der Waals surface area contributed by atoms with E-state index in [1.165, 1.54) is 0 Å². The number of hydrogen-bond donors (Lipinski definition) is 1. The van der Waals surface area contributed by atoms with Gasteiger partial charge in [0, 0.05) is 12.2 Å². The van der Waals surface area contributed by atoms with E-state index < -0.39 is 5.67 Å². The van der Waals surface area contributed by atoms with Crippen LogP contribution in [-0.2, 0) is 0 Å². The van der Waals surface area contributed by atoms with Crippen LogP contribution in [0.4, 0.5) is 10.1 Å². The van der Waals surface area contributed by atoms with Crippen LogP contribution >= 0.6 is 0 Å². The maximum Gasteiger partial charge on any atom is 0.128 e. The van der Waals surface area contributed by atoms with Crippen LogP contribution in [-0.4, -0.2) is 19.3 Å². The molecule has 1 aromatic carbocycles. The van der Waals surface area contributed by atoms with Crippen LogP contribution in [0, 0.1) is 0 Å². The molecule has 0 spiro atoms. The monoisotopic (exact) mass is 195 g/mol. The van der Waals surface area contributed by atoms with Crippen molar-refractivity contribution in [1.82, 2.24) is 0 Å². The summed E-state index contributed by atoms with van der Waals surface area (Å²) in [4.78, 5) is 0. The first-order valence-corrected chi connectivity index (χ1v) is 4.79. The smallest absolute Gasteiger partial charge is 0.128 e. The van der Waals surface area contributed by atoms with E-state index in [-0.39, 0.29) is 0 Å². The number of benzene rings is 1. The maximum absolute atomic E-state index is 13.2. The average molecular weight is 195 g/mol. The van der Waals surface area contributed by atoms with E-state index in [0.29, 0.717) is 19.4 Å². The Morgan fingerprint density at radius 2 is 2.00 bits per heavy atom. The minimum absolute atomic E-state index is 0.416. The molecule has 0 aromatic heterocycles. The number of anilines is 1. The van der Waals surface area contributed by atoms with Gasteiger partial charge in [0.05, 0.1) is 7.11 Å². The topological polar surface area (TPSA) is 21.3 Å². The van der Waals surface area contributed by atoms with E-state index >= 15 is 0 Å². The van der Waals surface area contributed by atoms with Gasteiger partial charge >= 0.3 is 0 Å². The van der Waals surface area contributed by atoms with Crippen LogP contribution in [0.1, 0.15) is 12.8 Å². The molecule has 1 fully saturated rings. The highest BCUT2D eigenvalue weighted by Crippen LogP contribution is 2.39. The molecule has 0 saturated heterocycles. The first-order chi connectivity index (χ1) is 6.72. The van der Waals surface area contributed by atoms with E-state index in [2.05, 4.69) is 5.32 Å². The quantitative estimate of drug-likeness (QED) is 0.797. The molecule has 1 N–H and O–H groups in total. The number of hydrogen-bond acceptors (Lipinski definition) is 2. The lowest BCUT2D eigenvalue weighted by Crippen LogP contribution is -2.15. The third kappa shape index (κ3) is 2.16. The predicted octanol–water partition coefficient (Wildman–Crippen LogP) is 2.61. The molecule has 2 rings (SSSR count). The van der Waals surface area contributed by atoms with Gasteiger partial charge < -0.3 is 10.1 Å². The van der Waals surface area contributed by atoms with Gasteiger partial charge in [-0.2, -0.15) is 0 Å². The molecular weight excluding hydrogens is 181 g/mol. The summed E-state index contributed by atoms with van der Waals surface area (Å²) in [5.41, 5.74) is -0.00496. The predicted molar refractivity (Wildman–Crippen MR) is 54.6 cm³/mol. The lowest BCUT2D eigenvalue weighted by Gasteiger charge is -2.09. The maximum atomic E-state index is 13.2. The molecule has 0 bridgehead atoms. The molecule has 0 amide bonds. The molecule has 0 heterocycles. The number of halogens is 1. The molecule has 0 unspecified atom stereocenters. The highest BCUT2D eigenvalue weighted by atomic mass is 19.1. The first kappa shape index (κ1) is 9.31. The third-order valence-electron chi connectivity index (χ3n) is 2.49. The summed E-state index contributed by atoms with van der Waals surface area (Å²) >= 11 is 0.